The molecule has 0 aliphatic rings. The topological polar surface area (TPSA) is 46.3 Å². The van der Waals surface area contributed by atoms with Gasteiger partial charge in [-0.05, 0) is 36.8 Å². The van der Waals surface area contributed by atoms with Crippen LogP contribution < -0.4 is 0 Å². The van der Waals surface area contributed by atoms with E-state index < -0.39 is 0 Å². The fourth-order valence-electron chi connectivity index (χ4n) is 2.36. The number of hydrogen-bond donors (Lipinski definition) is 0. The molecule has 4 nitrogen and oxygen atoms in total. The Morgan fingerprint density at radius 1 is 1.33 bits per heavy atom. The highest BCUT2D eigenvalue weighted by Crippen LogP contribution is 2.25. The Morgan fingerprint density at radius 3 is 2.75 bits per heavy atom. The maximum absolute atomic E-state index is 13.0. The third-order valence-corrected chi connectivity index (χ3v) is 4.85. The molecule has 3 rings (SSSR count). The first-order valence-corrected chi connectivity index (χ1v) is 8.42. The van der Waals surface area contributed by atoms with E-state index in [0.717, 1.165) is 16.3 Å². The van der Waals surface area contributed by atoms with Gasteiger partial charge in [0.2, 0.25) is 5.91 Å². The van der Waals surface area contributed by atoms with Crippen molar-refractivity contribution in [3.63, 3.8) is 0 Å². The largest absolute Gasteiger partial charge is 0.462 e. The second-order valence-electron chi connectivity index (χ2n) is 5.53. The monoisotopic (exact) mass is 344 g/mol. The summed E-state index contributed by atoms with van der Waals surface area (Å²) in [5.41, 5.74) is 1.61. The number of likely N-dealkylation sites (N-methyl/N-ethyl adjacent to an activating group) is 1. The van der Waals surface area contributed by atoms with Gasteiger partial charge in [0.25, 0.3) is 0 Å². The first kappa shape index (κ1) is 16.4. The number of rotatable bonds is 5. The summed E-state index contributed by atoms with van der Waals surface area (Å²) in [5, 5.41) is 2.63. The third kappa shape index (κ3) is 3.54. The number of aromatic nitrogens is 1. The van der Waals surface area contributed by atoms with Crippen LogP contribution in [0.1, 0.15) is 24.2 Å². The number of benzene rings is 1. The van der Waals surface area contributed by atoms with Gasteiger partial charge >= 0.3 is 0 Å². The van der Waals surface area contributed by atoms with Crippen LogP contribution in [0.2, 0.25) is 0 Å². The minimum absolute atomic E-state index is 0.0388. The van der Waals surface area contributed by atoms with Gasteiger partial charge in [-0.2, -0.15) is 0 Å². The highest BCUT2D eigenvalue weighted by atomic mass is 32.1. The molecule has 124 valence electrons. The summed E-state index contributed by atoms with van der Waals surface area (Å²) in [6, 6.07) is 9.71. The number of carbonyl (C=O) groups excluding carboxylic acids is 1. The molecule has 24 heavy (non-hydrogen) atoms. The molecule has 2 aromatic heterocycles. The molecule has 3 aromatic rings. The van der Waals surface area contributed by atoms with Crippen molar-refractivity contribution in [1.29, 1.82) is 0 Å². The summed E-state index contributed by atoms with van der Waals surface area (Å²) in [5.74, 6) is 0.378. The molecule has 1 unspecified atom stereocenters. The number of nitrogens with zero attached hydrogens (tertiary/aromatic N) is 2. The van der Waals surface area contributed by atoms with E-state index in [1.165, 1.54) is 23.5 Å². The Labute approximate surface area is 143 Å². The van der Waals surface area contributed by atoms with Gasteiger partial charge in [0.05, 0.1) is 24.4 Å². The molecule has 6 heteroatoms. The van der Waals surface area contributed by atoms with Gasteiger partial charge in [-0.1, -0.05) is 12.1 Å². The van der Waals surface area contributed by atoms with Crippen LogP contribution in [0.25, 0.3) is 10.8 Å². The summed E-state index contributed by atoms with van der Waals surface area (Å²) >= 11 is 1.45. The van der Waals surface area contributed by atoms with Crippen LogP contribution >= 0.6 is 11.3 Å². The van der Waals surface area contributed by atoms with Gasteiger partial charge in [0.15, 0.2) is 10.8 Å². The lowest BCUT2D eigenvalue weighted by atomic mass is 10.1. The number of carbonyl (C=O) groups is 1. The van der Waals surface area contributed by atoms with Crippen LogP contribution in [0.15, 0.2) is 52.5 Å². The molecule has 0 fully saturated rings. The number of hydrogen-bond acceptors (Lipinski definition) is 4. The van der Waals surface area contributed by atoms with Crippen LogP contribution in [0, 0.1) is 5.82 Å². The molecule has 0 aliphatic carbocycles. The zero-order chi connectivity index (χ0) is 17.1. The van der Waals surface area contributed by atoms with Crippen LogP contribution in [0.4, 0.5) is 4.39 Å². The van der Waals surface area contributed by atoms with E-state index in [9.17, 15) is 9.18 Å². The smallest absolute Gasteiger partial charge is 0.228 e. The Bertz CT molecular complexity index is 812. The highest BCUT2D eigenvalue weighted by molar-refractivity contribution is 7.13. The maximum atomic E-state index is 13.0. The highest BCUT2D eigenvalue weighted by Gasteiger charge is 2.19. The van der Waals surface area contributed by atoms with Gasteiger partial charge in [-0.25, -0.2) is 9.37 Å². The van der Waals surface area contributed by atoms with Crippen molar-refractivity contribution < 1.29 is 13.6 Å². The Hall–Kier alpha value is -2.47. The Balaban J connectivity index is 1.67. The maximum Gasteiger partial charge on any atom is 0.228 e. The second kappa shape index (κ2) is 6.97. The van der Waals surface area contributed by atoms with E-state index in [0.29, 0.717) is 5.76 Å². The molecule has 0 saturated heterocycles. The lowest BCUT2D eigenvalue weighted by Gasteiger charge is -2.25. The average Bonchev–Trinajstić information content (AvgIpc) is 3.25. The quantitative estimate of drug-likeness (QED) is 0.693. The normalized spacial score (nSPS) is 12.1. The molecule has 1 amide bonds. The predicted molar refractivity (Wildman–Crippen MR) is 91.1 cm³/mol. The zero-order valence-corrected chi connectivity index (χ0v) is 14.2. The van der Waals surface area contributed by atoms with Gasteiger partial charge < -0.3 is 9.32 Å². The van der Waals surface area contributed by atoms with E-state index >= 15 is 0 Å². The van der Waals surface area contributed by atoms with Crippen molar-refractivity contribution in [2.45, 2.75) is 19.4 Å². The standard InChI is InChI=1S/C18H17FN2O2S/c1-12(13-5-7-14(19)8-6-13)21(2)17(22)10-15-11-24-18(20-15)16-4-3-9-23-16/h3-9,11-12H,10H2,1-2H3. The van der Waals surface area contributed by atoms with E-state index in [4.69, 9.17) is 4.42 Å². The predicted octanol–water partition coefficient (Wildman–Crippen LogP) is 4.30. The second-order valence-corrected chi connectivity index (χ2v) is 6.39. The Morgan fingerprint density at radius 2 is 2.08 bits per heavy atom. The van der Waals surface area contributed by atoms with Crippen molar-refractivity contribution in [3.8, 4) is 10.8 Å². The van der Waals surface area contributed by atoms with Gasteiger partial charge in [0, 0.05) is 12.4 Å². The number of halogens is 1. The summed E-state index contributed by atoms with van der Waals surface area (Å²) in [6.07, 6.45) is 1.82. The molecule has 0 saturated carbocycles. The van der Waals surface area contributed by atoms with E-state index in [-0.39, 0.29) is 24.2 Å². The van der Waals surface area contributed by atoms with E-state index in [1.54, 1.807) is 36.4 Å². The molecule has 1 atom stereocenters. The molecule has 0 radical (unpaired) electrons. The number of furan rings is 1. The van der Waals surface area contributed by atoms with Crippen LogP contribution in [-0.2, 0) is 11.2 Å². The number of thiazole rings is 1. The molecule has 1 aromatic carbocycles. The van der Waals surface area contributed by atoms with E-state index in [1.807, 2.05) is 18.4 Å². The van der Waals surface area contributed by atoms with Crippen LogP contribution in [-0.4, -0.2) is 22.8 Å². The van der Waals surface area contributed by atoms with Crippen molar-refractivity contribution in [2.75, 3.05) is 7.05 Å². The van der Waals surface area contributed by atoms with Crippen molar-refractivity contribution in [1.82, 2.24) is 9.88 Å². The molecule has 0 bridgehead atoms. The van der Waals surface area contributed by atoms with Crippen LogP contribution in [0.5, 0.6) is 0 Å². The summed E-state index contributed by atoms with van der Waals surface area (Å²) in [6.45, 7) is 1.92. The molecular formula is C18H17FN2O2S. The Kier molecular flexibility index (Phi) is 4.76. The molecule has 0 N–H and O–H groups in total. The lowest BCUT2D eigenvalue weighted by Crippen LogP contribution is -2.31. The van der Waals surface area contributed by atoms with Crippen molar-refractivity contribution >= 4 is 17.2 Å². The lowest BCUT2D eigenvalue weighted by molar-refractivity contribution is -0.131. The minimum Gasteiger partial charge on any atom is -0.462 e. The van der Waals surface area contributed by atoms with Crippen molar-refractivity contribution in [2.24, 2.45) is 0 Å². The average molecular weight is 344 g/mol. The molecule has 0 spiro atoms. The zero-order valence-electron chi connectivity index (χ0n) is 13.4. The first-order valence-electron chi connectivity index (χ1n) is 7.54. The fraction of sp³-hybridized carbons (Fsp3) is 0.222. The van der Waals surface area contributed by atoms with Crippen LogP contribution in [0.3, 0.4) is 0 Å². The molecule has 0 aliphatic heterocycles. The number of amides is 1. The summed E-state index contributed by atoms with van der Waals surface area (Å²) in [4.78, 5) is 18.6. The third-order valence-electron chi connectivity index (χ3n) is 3.94. The SMILES string of the molecule is CC(c1ccc(F)cc1)N(C)C(=O)Cc1csc(-c2ccco2)n1. The van der Waals surface area contributed by atoms with Gasteiger partial charge in [-0.15, -0.1) is 11.3 Å². The van der Waals surface area contributed by atoms with Gasteiger partial charge in [-0.3, -0.25) is 4.79 Å². The van der Waals surface area contributed by atoms with Gasteiger partial charge in [0.1, 0.15) is 5.82 Å². The van der Waals surface area contributed by atoms with Crippen molar-refractivity contribution in [3.05, 3.63) is 65.1 Å². The summed E-state index contributed by atoms with van der Waals surface area (Å²) in [7, 11) is 1.75. The minimum atomic E-state index is -0.284. The summed E-state index contributed by atoms with van der Waals surface area (Å²) < 4.78 is 18.3. The fourth-order valence-corrected chi connectivity index (χ4v) is 3.15. The molecule has 2 heterocycles. The molecular weight excluding hydrogens is 327 g/mol. The van der Waals surface area contributed by atoms with E-state index in [2.05, 4.69) is 4.98 Å². The first-order chi connectivity index (χ1) is 11.5.